The first-order valence-electron chi connectivity index (χ1n) is 8.46. The molecule has 2 fully saturated rings. The zero-order chi connectivity index (χ0) is 17.2. The molecule has 0 amide bonds. The second-order valence-electron chi connectivity index (χ2n) is 6.48. The van der Waals surface area contributed by atoms with Gasteiger partial charge in [0.05, 0.1) is 23.2 Å². The molecule has 1 aromatic carbocycles. The van der Waals surface area contributed by atoms with Crippen molar-refractivity contribution in [2.24, 2.45) is 0 Å². The molecule has 1 unspecified atom stereocenters. The molecule has 0 aliphatic carbocycles. The van der Waals surface area contributed by atoms with Gasteiger partial charge in [0.25, 0.3) is 0 Å². The van der Waals surface area contributed by atoms with Crippen LogP contribution >= 0.6 is 0 Å². The molecule has 3 rings (SSSR count). The molecular weight excluding hydrogens is 333 g/mol. The van der Waals surface area contributed by atoms with Gasteiger partial charge in [-0.1, -0.05) is 0 Å². The first kappa shape index (κ1) is 17.8. The van der Waals surface area contributed by atoms with Crippen molar-refractivity contribution < 1.29 is 22.3 Å². The number of hydrogen-bond donors (Lipinski definition) is 0. The summed E-state index contributed by atoms with van der Waals surface area (Å²) in [6, 6.07) is 4.99. The largest absolute Gasteiger partial charge is 0.379 e. The van der Waals surface area contributed by atoms with E-state index in [0.717, 1.165) is 12.8 Å². The van der Waals surface area contributed by atoms with Crippen LogP contribution in [0, 0.1) is 5.82 Å². The van der Waals surface area contributed by atoms with Crippen LogP contribution in [0.25, 0.3) is 0 Å². The van der Waals surface area contributed by atoms with Crippen LogP contribution in [0.1, 0.15) is 32.6 Å². The van der Waals surface area contributed by atoms with Gasteiger partial charge in [-0.3, -0.25) is 0 Å². The van der Waals surface area contributed by atoms with Crippen molar-refractivity contribution >= 4 is 10.0 Å². The summed E-state index contributed by atoms with van der Waals surface area (Å²) >= 11 is 0. The molecule has 0 radical (unpaired) electrons. The van der Waals surface area contributed by atoms with E-state index >= 15 is 0 Å². The van der Waals surface area contributed by atoms with Gasteiger partial charge in [-0.15, -0.1) is 0 Å². The Balaban J connectivity index is 1.62. The minimum atomic E-state index is -3.57. The summed E-state index contributed by atoms with van der Waals surface area (Å²) in [5.41, 5.74) is -0.212. The Hall–Kier alpha value is -1.02. The maximum absolute atomic E-state index is 13.0. The molecule has 134 valence electrons. The summed E-state index contributed by atoms with van der Waals surface area (Å²) < 4.78 is 51.4. The molecule has 2 heterocycles. The fourth-order valence-electron chi connectivity index (χ4n) is 3.52. The molecule has 7 heteroatoms. The normalized spacial score (nSPS) is 24.5. The van der Waals surface area contributed by atoms with Gasteiger partial charge in [0.1, 0.15) is 5.82 Å². The van der Waals surface area contributed by atoms with E-state index in [9.17, 15) is 12.8 Å². The number of ether oxygens (including phenoxy) is 2. The quantitative estimate of drug-likeness (QED) is 0.813. The van der Waals surface area contributed by atoms with Gasteiger partial charge >= 0.3 is 0 Å². The van der Waals surface area contributed by atoms with Crippen molar-refractivity contribution in [2.75, 3.05) is 26.3 Å². The Labute approximate surface area is 142 Å². The maximum Gasteiger partial charge on any atom is 0.243 e. The van der Waals surface area contributed by atoms with Crippen molar-refractivity contribution in [2.45, 2.75) is 49.2 Å². The van der Waals surface area contributed by atoms with Crippen LogP contribution in [-0.4, -0.2) is 50.7 Å². The minimum Gasteiger partial charge on any atom is -0.379 e. The van der Waals surface area contributed by atoms with Gasteiger partial charge in [-0.2, -0.15) is 4.31 Å². The lowest BCUT2D eigenvalue weighted by atomic mass is 9.89. The number of piperidine rings is 1. The van der Waals surface area contributed by atoms with E-state index in [-0.39, 0.29) is 16.6 Å². The standard InChI is InChI=1S/C17H24FNO4S/c1-2-22-13-15-7-8-17(23-15)9-11-19(12-10-17)24(20,21)16-5-3-14(18)4-6-16/h3-6,15H,2,7-13H2,1H3. The molecule has 0 bridgehead atoms. The fourth-order valence-corrected chi connectivity index (χ4v) is 4.96. The Morgan fingerprint density at radius 2 is 1.92 bits per heavy atom. The predicted molar refractivity (Wildman–Crippen MR) is 87.7 cm³/mol. The third-order valence-corrected chi connectivity index (χ3v) is 6.84. The maximum atomic E-state index is 13.0. The second kappa shape index (κ2) is 7.07. The lowest BCUT2D eigenvalue weighted by molar-refractivity contribution is -0.0900. The van der Waals surface area contributed by atoms with E-state index in [0.29, 0.717) is 39.1 Å². The van der Waals surface area contributed by atoms with Gasteiger partial charge in [-0.25, -0.2) is 12.8 Å². The van der Waals surface area contributed by atoms with E-state index in [1.807, 2.05) is 6.92 Å². The highest BCUT2D eigenvalue weighted by atomic mass is 32.2. The summed E-state index contributed by atoms with van der Waals surface area (Å²) in [6.07, 6.45) is 3.41. The zero-order valence-corrected chi connectivity index (χ0v) is 14.7. The Morgan fingerprint density at radius 1 is 1.25 bits per heavy atom. The van der Waals surface area contributed by atoms with E-state index in [4.69, 9.17) is 9.47 Å². The fraction of sp³-hybridized carbons (Fsp3) is 0.647. The predicted octanol–water partition coefficient (Wildman–Crippen LogP) is 2.56. The summed E-state index contributed by atoms with van der Waals surface area (Å²) in [4.78, 5) is 0.140. The SMILES string of the molecule is CCOCC1CCC2(CCN(S(=O)(=O)c3ccc(F)cc3)CC2)O1. The van der Waals surface area contributed by atoms with Crippen LogP contribution in [0.5, 0.6) is 0 Å². The highest BCUT2D eigenvalue weighted by Crippen LogP contribution is 2.40. The monoisotopic (exact) mass is 357 g/mol. The lowest BCUT2D eigenvalue weighted by Gasteiger charge is -2.38. The van der Waals surface area contributed by atoms with Crippen LogP contribution in [0.2, 0.25) is 0 Å². The van der Waals surface area contributed by atoms with E-state index in [1.165, 1.54) is 28.6 Å². The van der Waals surface area contributed by atoms with E-state index < -0.39 is 15.8 Å². The average molecular weight is 357 g/mol. The van der Waals surface area contributed by atoms with Crippen molar-refractivity contribution in [3.8, 4) is 0 Å². The third kappa shape index (κ3) is 3.64. The van der Waals surface area contributed by atoms with Gasteiger partial charge in [-0.05, 0) is 56.9 Å². The van der Waals surface area contributed by atoms with Gasteiger partial charge in [0.2, 0.25) is 10.0 Å². The van der Waals surface area contributed by atoms with Crippen molar-refractivity contribution in [1.82, 2.24) is 4.31 Å². The smallest absolute Gasteiger partial charge is 0.243 e. The Bertz CT molecular complexity index is 654. The first-order chi connectivity index (χ1) is 11.5. The molecule has 0 saturated carbocycles. The van der Waals surface area contributed by atoms with Gasteiger partial charge in [0.15, 0.2) is 0 Å². The molecule has 2 saturated heterocycles. The van der Waals surface area contributed by atoms with Crippen LogP contribution in [0.4, 0.5) is 4.39 Å². The minimum absolute atomic E-state index is 0.116. The second-order valence-corrected chi connectivity index (χ2v) is 8.42. The van der Waals surface area contributed by atoms with Gasteiger partial charge in [0, 0.05) is 19.7 Å². The third-order valence-electron chi connectivity index (χ3n) is 4.93. The summed E-state index contributed by atoms with van der Waals surface area (Å²) in [6.45, 7) is 4.11. The highest BCUT2D eigenvalue weighted by Gasteiger charge is 2.44. The topological polar surface area (TPSA) is 55.8 Å². The highest BCUT2D eigenvalue weighted by molar-refractivity contribution is 7.89. The zero-order valence-electron chi connectivity index (χ0n) is 13.9. The van der Waals surface area contributed by atoms with E-state index in [1.54, 1.807) is 0 Å². The molecule has 1 spiro atoms. The Kier molecular flexibility index (Phi) is 5.24. The molecule has 1 aromatic rings. The van der Waals surface area contributed by atoms with Crippen LogP contribution in [0.3, 0.4) is 0 Å². The van der Waals surface area contributed by atoms with E-state index in [2.05, 4.69) is 0 Å². The first-order valence-corrected chi connectivity index (χ1v) is 9.90. The lowest BCUT2D eigenvalue weighted by Crippen LogP contribution is -2.46. The summed E-state index contributed by atoms with van der Waals surface area (Å²) in [7, 11) is -3.57. The number of hydrogen-bond acceptors (Lipinski definition) is 4. The average Bonchev–Trinajstić information content (AvgIpc) is 2.96. The molecule has 2 aliphatic heterocycles. The Morgan fingerprint density at radius 3 is 2.54 bits per heavy atom. The van der Waals surface area contributed by atoms with Gasteiger partial charge < -0.3 is 9.47 Å². The number of rotatable bonds is 5. The summed E-state index contributed by atoms with van der Waals surface area (Å²) in [5, 5.41) is 0. The number of sulfonamides is 1. The molecule has 5 nitrogen and oxygen atoms in total. The molecule has 0 aromatic heterocycles. The number of nitrogens with zero attached hydrogens (tertiary/aromatic N) is 1. The van der Waals surface area contributed by atoms with Crippen LogP contribution in [-0.2, 0) is 19.5 Å². The van der Waals surface area contributed by atoms with Crippen molar-refractivity contribution in [3.05, 3.63) is 30.1 Å². The molecular formula is C17H24FNO4S. The van der Waals surface area contributed by atoms with Crippen LogP contribution < -0.4 is 0 Å². The summed E-state index contributed by atoms with van der Waals surface area (Å²) in [5.74, 6) is -0.439. The number of benzene rings is 1. The molecule has 2 aliphatic rings. The van der Waals surface area contributed by atoms with Crippen LogP contribution in [0.15, 0.2) is 29.2 Å². The van der Waals surface area contributed by atoms with Crippen molar-refractivity contribution in [3.63, 3.8) is 0 Å². The molecule has 24 heavy (non-hydrogen) atoms. The molecule has 0 N–H and O–H groups in total. The number of halogens is 1. The van der Waals surface area contributed by atoms with Crippen molar-refractivity contribution in [1.29, 1.82) is 0 Å². The molecule has 1 atom stereocenters.